The fraction of sp³-hybridized carbons (Fsp3) is 0.0244. The minimum Gasteiger partial charge on any atom is -0.395 e. The largest absolute Gasteiger partial charge is 0.519 e. The van der Waals surface area contributed by atoms with E-state index in [0.717, 1.165) is 27.1 Å². The number of carbonyl (C=O) groups excluding carboxylic acids is 4. The van der Waals surface area contributed by atoms with Gasteiger partial charge in [0.2, 0.25) is 0 Å². The van der Waals surface area contributed by atoms with Gasteiger partial charge in [-0.2, -0.15) is 0 Å². The van der Waals surface area contributed by atoms with E-state index in [9.17, 15) is 19.2 Å². The number of rotatable bonds is 4. The number of ketones is 2. The molecule has 49 heavy (non-hydrogen) atoms. The molecule has 2 aliphatic rings. The molecule has 0 unspecified atom stereocenters. The monoisotopic (exact) mass is 644 g/mol. The zero-order valence-corrected chi connectivity index (χ0v) is 25.9. The second kappa shape index (κ2) is 11.8. The number of Topliss-reactive ketones (excluding diaryl/α,β-unsaturated/α-hetero) is 2. The Morgan fingerprint density at radius 2 is 0.878 bits per heavy atom. The molecule has 0 N–H and O–H groups in total. The van der Waals surface area contributed by atoms with Crippen LogP contribution in [0.2, 0.25) is 0 Å². The zero-order chi connectivity index (χ0) is 33.6. The van der Waals surface area contributed by atoms with Gasteiger partial charge in [0.15, 0.2) is 23.1 Å². The van der Waals surface area contributed by atoms with Crippen LogP contribution in [0.4, 0.5) is 9.59 Å². The summed E-state index contributed by atoms with van der Waals surface area (Å²) in [4.78, 5) is 55.1. The highest BCUT2D eigenvalue weighted by Gasteiger charge is 2.43. The van der Waals surface area contributed by atoms with E-state index in [1.807, 2.05) is 48.5 Å². The number of aryl methyl sites for hydroxylation is 1. The number of hydrogen-bond donors (Lipinski definition) is 0. The first kappa shape index (κ1) is 29.6. The van der Waals surface area contributed by atoms with Crippen LogP contribution < -0.4 is 9.47 Å². The Morgan fingerprint density at radius 1 is 0.429 bits per heavy atom. The van der Waals surface area contributed by atoms with Crippen molar-refractivity contribution < 1.29 is 38.1 Å². The standard InChI is InChI=1S/C41H24O8/c1-23-14-19-31-33(20-23)39(49-41(45)47-29-18-16-25-9-3-5-11-27(25)22-29)35-34(37(31)43)38(32-13-7-6-12-30(32)36(35)42)48-40(44)46-28-17-15-24-8-2-4-10-26(24)21-28/h2-22H,1H3. The van der Waals surface area contributed by atoms with E-state index in [1.54, 1.807) is 85.8 Å². The zero-order valence-electron chi connectivity index (χ0n) is 25.9. The van der Waals surface area contributed by atoms with Crippen LogP contribution >= 0.6 is 0 Å². The van der Waals surface area contributed by atoms with Crippen molar-refractivity contribution in [1.29, 1.82) is 0 Å². The molecule has 6 aromatic carbocycles. The maximum absolute atomic E-state index is 14.2. The molecule has 0 radical (unpaired) electrons. The topological polar surface area (TPSA) is 105 Å². The van der Waals surface area contributed by atoms with Crippen molar-refractivity contribution in [3.05, 3.63) is 166 Å². The summed E-state index contributed by atoms with van der Waals surface area (Å²) in [5.41, 5.74) is 1.02. The molecule has 8 rings (SSSR count). The number of fused-ring (bicyclic) bond motifs is 5. The van der Waals surface area contributed by atoms with Crippen LogP contribution in [0, 0.1) is 6.92 Å². The van der Waals surface area contributed by atoms with Crippen LogP contribution in [0.25, 0.3) is 33.1 Å². The van der Waals surface area contributed by atoms with Gasteiger partial charge in [-0.15, -0.1) is 0 Å². The van der Waals surface area contributed by atoms with Gasteiger partial charge < -0.3 is 18.9 Å². The summed E-state index contributed by atoms with van der Waals surface area (Å²) in [5.74, 6) is -1.12. The molecule has 0 saturated heterocycles. The molecular formula is C41H24O8. The Balaban J connectivity index is 1.22. The van der Waals surface area contributed by atoms with Gasteiger partial charge in [0, 0.05) is 22.3 Å². The average molecular weight is 645 g/mol. The summed E-state index contributed by atoms with van der Waals surface area (Å²) in [6.45, 7) is 1.81. The minimum absolute atomic E-state index is 0.141. The lowest BCUT2D eigenvalue weighted by Gasteiger charge is -2.29. The molecule has 0 aliphatic heterocycles. The first-order chi connectivity index (χ1) is 23.8. The Bertz CT molecular complexity index is 2490. The minimum atomic E-state index is -1.12. The third-order valence-corrected chi connectivity index (χ3v) is 8.45. The van der Waals surface area contributed by atoms with E-state index in [2.05, 4.69) is 0 Å². The third kappa shape index (κ3) is 5.31. The molecule has 0 heterocycles. The second-order valence-electron chi connectivity index (χ2n) is 11.6. The smallest absolute Gasteiger partial charge is 0.395 e. The highest BCUT2D eigenvalue weighted by atomic mass is 16.7. The lowest BCUT2D eigenvalue weighted by Crippen LogP contribution is -2.29. The molecule has 8 nitrogen and oxygen atoms in total. The second-order valence-corrected chi connectivity index (χ2v) is 11.6. The number of hydrogen-bond acceptors (Lipinski definition) is 8. The molecule has 2 aliphatic carbocycles. The molecule has 0 spiro atoms. The van der Waals surface area contributed by atoms with Crippen molar-refractivity contribution in [2.45, 2.75) is 6.92 Å². The van der Waals surface area contributed by atoms with E-state index < -0.39 is 23.9 Å². The van der Waals surface area contributed by atoms with E-state index in [1.165, 1.54) is 0 Å². The highest BCUT2D eigenvalue weighted by molar-refractivity contribution is 6.34. The van der Waals surface area contributed by atoms with Crippen LogP contribution in [-0.4, -0.2) is 23.9 Å². The molecule has 0 aromatic heterocycles. The van der Waals surface area contributed by atoms with Gasteiger partial charge in [0.1, 0.15) is 11.5 Å². The van der Waals surface area contributed by atoms with Crippen LogP contribution in [0.5, 0.6) is 11.5 Å². The van der Waals surface area contributed by atoms with Crippen LogP contribution in [0.3, 0.4) is 0 Å². The normalized spacial score (nSPS) is 13.5. The summed E-state index contributed by atoms with van der Waals surface area (Å²) >= 11 is 0. The maximum atomic E-state index is 14.2. The lowest BCUT2D eigenvalue weighted by atomic mass is 9.76. The molecule has 8 heteroatoms. The Morgan fingerprint density at radius 3 is 1.43 bits per heavy atom. The van der Waals surface area contributed by atoms with Crippen molar-refractivity contribution in [2.75, 3.05) is 0 Å². The number of allylic oxidation sites excluding steroid dienone is 2. The summed E-state index contributed by atoms with van der Waals surface area (Å²) in [6.07, 6.45) is -2.24. The number of benzene rings is 6. The summed E-state index contributed by atoms with van der Waals surface area (Å²) in [7, 11) is 0. The summed E-state index contributed by atoms with van der Waals surface area (Å²) in [5, 5.41) is 3.60. The van der Waals surface area contributed by atoms with Gasteiger partial charge in [-0.3, -0.25) is 9.59 Å². The van der Waals surface area contributed by atoms with Gasteiger partial charge in [-0.25, -0.2) is 9.59 Å². The third-order valence-electron chi connectivity index (χ3n) is 8.45. The lowest BCUT2D eigenvalue weighted by molar-refractivity contribution is 0.0979. The van der Waals surface area contributed by atoms with Crippen LogP contribution in [0.15, 0.2) is 139 Å². The van der Waals surface area contributed by atoms with Gasteiger partial charge >= 0.3 is 12.3 Å². The fourth-order valence-corrected chi connectivity index (χ4v) is 6.20. The quantitative estimate of drug-likeness (QED) is 0.138. The molecule has 0 atom stereocenters. The fourth-order valence-electron chi connectivity index (χ4n) is 6.20. The Labute approximate surface area is 279 Å². The van der Waals surface area contributed by atoms with Crippen molar-refractivity contribution in [2.24, 2.45) is 0 Å². The van der Waals surface area contributed by atoms with Crippen molar-refractivity contribution in [3.8, 4) is 11.5 Å². The summed E-state index contributed by atoms with van der Waals surface area (Å²) < 4.78 is 22.7. The van der Waals surface area contributed by atoms with Crippen molar-refractivity contribution in [3.63, 3.8) is 0 Å². The van der Waals surface area contributed by atoms with Crippen LogP contribution in [0.1, 0.15) is 37.4 Å². The van der Waals surface area contributed by atoms with Crippen molar-refractivity contribution in [1.82, 2.24) is 0 Å². The van der Waals surface area contributed by atoms with E-state index in [-0.39, 0.29) is 56.4 Å². The number of carbonyl (C=O) groups is 4. The SMILES string of the molecule is Cc1ccc2c(c1)C(OC(=O)Oc1ccc3ccccc3c1)=C1C(=O)c3ccccc3C(OC(=O)Oc3ccc4ccccc4c3)=C1C2=O. The molecule has 6 aromatic rings. The predicted octanol–water partition coefficient (Wildman–Crippen LogP) is 9.25. The first-order valence-corrected chi connectivity index (χ1v) is 15.4. The molecular weight excluding hydrogens is 620 g/mol. The van der Waals surface area contributed by atoms with Crippen LogP contribution in [-0.2, 0) is 9.47 Å². The first-order valence-electron chi connectivity index (χ1n) is 15.4. The Hall–Kier alpha value is -6.80. The summed E-state index contributed by atoms with van der Waals surface area (Å²) in [6, 6.07) is 36.8. The molecule has 0 saturated carbocycles. The van der Waals surface area contributed by atoms with Gasteiger partial charge in [-0.05, 0) is 58.8 Å². The van der Waals surface area contributed by atoms with E-state index in [4.69, 9.17) is 18.9 Å². The van der Waals surface area contributed by atoms with Gasteiger partial charge in [0.25, 0.3) is 0 Å². The molecule has 0 bridgehead atoms. The highest BCUT2D eigenvalue weighted by Crippen LogP contribution is 2.45. The van der Waals surface area contributed by atoms with Gasteiger partial charge in [-0.1, -0.05) is 103 Å². The van der Waals surface area contributed by atoms with Gasteiger partial charge in [0.05, 0.1) is 11.1 Å². The predicted molar refractivity (Wildman–Crippen MR) is 182 cm³/mol. The molecule has 236 valence electrons. The Kier molecular flexibility index (Phi) is 7.11. The average Bonchev–Trinajstić information content (AvgIpc) is 3.11. The van der Waals surface area contributed by atoms with E-state index >= 15 is 0 Å². The van der Waals surface area contributed by atoms with E-state index in [0.29, 0.717) is 0 Å². The van der Waals surface area contributed by atoms with Crippen molar-refractivity contribution >= 4 is 56.9 Å². The molecule has 0 amide bonds. The maximum Gasteiger partial charge on any atom is 0.519 e. The molecule has 0 fully saturated rings. The number of ether oxygens (including phenoxy) is 4.